The summed E-state index contributed by atoms with van der Waals surface area (Å²) in [7, 11) is 0. The first-order valence-corrected chi connectivity index (χ1v) is 11.8. The molecule has 1 amide bonds. The number of carbonyl (C=O) groups is 3. The normalized spacial score (nSPS) is 44.2. The van der Waals surface area contributed by atoms with Crippen molar-refractivity contribution in [2.45, 2.75) is 82.8 Å². The van der Waals surface area contributed by atoms with Crippen LogP contribution >= 0.6 is 0 Å². The summed E-state index contributed by atoms with van der Waals surface area (Å²) >= 11 is 0. The van der Waals surface area contributed by atoms with Crippen LogP contribution in [0.4, 0.5) is 5.69 Å². The lowest BCUT2D eigenvalue weighted by atomic mass is 9.62. The number of para-hydroxylation sites is 1. The maximum atomic E-state index is 13.0. The average Bonchev–Trinajstić information content (AvgIpc) is 3.17. The Balaban J connectivity index is 1.58. The highest BCUT2D eigenvalue weighted by Gasteiger charge is 2.78. The summed E-state index contributed by atoms with van der Waals surface area (Å²) in [6.45, 7) is 6.73. The Morgan fingerprint density at radius 3 is 2.44 bits per heavy atom. The van der Waals surface area contributed by atoms with Crippen molar-refractivity contribution in [3.8, 4) is 0 Å². The fraction of sp³-hybridized carbons (Fsp3) is 0.640. The zero-order valence-electron chi connectivity index (χ0n) is 19.0. The predicted molar refractivity (Wildman–Crippen MR) is 116 cm³/mol. The third-order valence-corrected chi connectivity index (χ3v) is 9.06. The molecule has 5 aliphatic heterocycles. The van der Waals surface area contributed by atoms with Gasteiger partial charge in [-0.1, -0.05) is 25.1 Å². The SMILES string of the molecule is CCC1C2CC3C4N(C(C)=O)c5ccccc5[C@]45CC([C@H]2[C@H]5OC(C)=O)N3[C@@H]1OC(C)=O. The molecule has 1 aromatic rings. The minimum atomic E-state index is -0.414. The molecule has 32 heavy (non-hydrogen) atoms. The van der Waals surface area contributed by atoms with Crippen LogP contribution in [-0.2, 0) is 29.3 Å². The third-order valence-electron chi connectivity index (χ3n) is 9.06. The number of rotatable bonds is 3. The molecule has 1 aromatic carbocycles. The lowest BCUT2D eigenvalue weighted by molar-refractivity contribution is -0.229. The molecular weight excluding hydrogens is 408 g/mol. The number of hydrogen-bond acceptors (Lipinski definition) is 6. The summed E-state index contributed by atoms with van der Waals surface area (Å²) in [5.41, 5.74) is 1.65. The summed E-state index contributed by atoms with van der Waals surface area (Å²) in [4.78, 5) is 41.8. The van der Waals surface area contributed by atoms with E-state index >= 15 is 0 Å². The highest BCUT2D eigenvalue weighted by atomic mass is 16.6. The van der Waals surface area contributed by atoms with Crippen molar-refractivity contribution in [2.24, 2.45) is 17.8 Å². The molecule has 10 atom stereocenters. The van der Waals surface area contributed by atoms with Crippen molar-refractivity contribution in [2.75, 3.05) is 4.90 Å². The van der Waals surface area contributed by atoms with Crippen molar-refractivity contribution in [1.82, 2.24) is 4.90 Å². The van der Waals surface area contributed by atoms with Gasteiger partial charge in [-0.2, -0.15) is 0 Å². The van der Waals surface area contributed by atoms with Crippen LogP contribution in [0.15, 0.2) is 24.3 Å². The van der Waals surface area contributed by atoms with E-state index in [2.05, 4.69) is 17.9 Å². The number of fused-ring (bicyclic) bond motifs is 2. The lowest BCUT2D eigenvalue weighted by Crippen LogP contribution is -2.73. The first kappa shape index (κ1) is 20.2. The van der Waals surface area contributed by atoms with Gasteiger partial charge in [0.1, 0.15) is 6.10 Å². The Kier molecular flexibility index (Phi) is 4.15. The molecule has 0 radical (unpaired) electrons. The Bertz CT molecular complexity index is 1030. The second kappa shape index (κ2) is 6.56. The van der Waals surface area contributed by atoms with Gasteiger partial charge < -0.3 is 14.4 Å². The van der Waals surface area contributed by atoms with Gasteiger partial charge in [-0.3, -0.25) is 19.3 Å². The monoisotopic (exact) mass is 438 g/mol. The van der Waals surface area contributed by atoms with E-state index in [4.69, 9.17) is 9.47 Å². The van der Waals surface area contributed by atoms with Crippen LogP contribution in [-0.4, -0.2) is 53.2 Å². The molecule has 5 heterocycles. The number of nitrogens with zero attached hydrogens (tertiary/aromatic N) is 2. The molecule has 7 heteroatoms. The van der Waals surface area contributed by atoms with E-state index in [0.717, 1.165) is 30.5 Å². The highest BCUT2D eigenvalue weighted by Crippen LogP contribution is 2.70. The van der Waals surface area contributed by atoms with E-state index in [0.29, 0.717) is 5.92 Å². The topological polar surface area (TPSA) is 76.2 Å². The Hall–Kier alpha value is -2.41. The average molecular weight is 439 g/mol. The number of carbonyl (C=O) groups excluding carboxylic acids is 3. The minimum Gasteiger partial charge on any atom is -0.461 e. The molecule has 5 fully saturated rings. The Morgan fingerprint density at radius 1 is 1.06 bits per heavy atom. The summed E-state index contributed by atoms with van der Waals surface area (Å²) in [6, 6.07) is 8.23. The highest BCUT2D eigenvalue weighted by molar-refractivity contribution is 5.96. The first-order valence-electron chi connectivity index (χ1n) is 11.8. The van der Waals surface area contributed by atoms with Gasteiger partial charge in [0.2, 0.25) is 5.91 Å². The number of piperidine rings is 4. The van der Waals surface area contributed by atoms with Crippen LogP contribution in [0, 0.1) is 17.8 Å². The van der Waals surface area contributed by atoms with E-state index in [1.807, 2.05) is 23.1 Å². The molecule has 1 spiro atoms. The molecule has 0 aromatic heterocycles. The van der Waals surface area contributed by atoms with Crippen molar-refractivity contribution in [3.63, 3.8) is 0 Å². The van der Waals surface area contributed by atoms with Gasteiger partial charge in [-0.05, 0) is 36.8 Å². The van der Waals surface area contributed by atoms with Crippen LogP contribution in [0.5, 0.6) is 0 Å². The Labute approximate surface area is 188 Å². The number of esters is 2. The summed E-state index contributed by atoms with van der Waals surface area (Å²) in [5, 5.41) is 0. The maximum Gasteiger partial charge on any atom is 0.304 e. The van der Waals surface area contributed by atoms with Crippen LogP contribution < -0.4 is 4.90 Å². The maximum absolute atomic E-state index is 13.0. The number of hydrogen-bond donors (Lipinski definition) is 0. The number of benzene rings is 1. The van der Waals surface area contributed by atoms with Gasteiger partial charge in [0.25, 0.3) is 0 Å². The lowest BCUT2D eigenvalue weighted by Gasteiger charge is -2.62. The minimum absolute atomic E-state index is 0.00264. The molecule has 0 N–H and O–H groups in total. The van der Waals surface area contributed by atoms with E-state index in [-0.39, 0.29) is 60.1 Å². The van der Waals surface area contributed by atoms with Crippen molar-refractivity contribution < 1.29 is 23.9 Å². The fourth-order valence-corrected chi connectivity index (χ4v) is 8.56. The fourth-order valence-electron chi connectivity index (χ4n) is 8.56. The van der Waals surface area contributed by atoms with Gasteiger partial charge in [-0.15, -0.1) is 0 Å². The zero-order chi connectivity index (χ0) is 22.5. The van der Waals surface area contributed by atoms with Gasteiger partial charge in [0.05, 0.1) is 11.5 Å². The van der Waals surface area contributed by atoms with Crippen LogP contribution in [0.25, 0.3) is 0 Å². The standard InChI is InChI=1S/C25H30N2O5/c1-5-15-16-10-19-22-25(17-8-6-7-9-18(17)26(22)12(2)28)11-20(21(16)23(25)31-13(3)29)27(19)24(15)32-14(4)30/h6-9,15-16,19-24H,5,10-11H2,1-4H3/t15?,16?,19?,20?,21-,22?,23+,24+,25+/m0/s1. The molecule has 1 aliphatic carbocycles. The molecule has 1 saturated carbocycles. The quantitative estimate of drug-likeness (QED) is 0.676. The smallest absolute Gasteiger partial charge is 0.304 e. The van der Waals surface area contributed by atoms with Gasteiger partial charge in [0, 0.05) is 50.4 Å². The summed E-state index contributed by atoms with van der Waals surface area (Å²) in [6.07, 6.45) is 2.07. The second-order valence-electron chi connectivity index (χ2n) is 10.3. The number of anilines is 1. The predicted octanol–water partition coefficient (Wildman–Crippen LogP) is 2.61. The molecule has 6 unspecified atom stereocenters. The van der Waals surface area contributed by atoms with E-state index < -0.39 is 5.41 Å². The number of amides is 1. The molecular formula is C25H30N2O5. The molecule has 7 nitrogen and oxygen atoms in total. The van der Waals surface area contributed by atoms with Crippen LogP contribution in [0.1, 0.15) is 52.5 Å². The molecule has 5 bridgehead atoms. The second-order valence-corrected chi connectivity index (χ2v) is 10.3. The van der Waals surface area contributed by atoms with E-state index in [1.54, 1.807) is 6.92 Å². The molecule has 7 rings (SSSR count). The summed E-state index contributed by atoms with van der Waals surface area (Å²) < 4.78 is 12.1. The van der Waals surface area contributed by atoms with Crippen LogP contribution in [0.3, 0.4) is 0 Å². The molecule has 6 aliphatic rings. The van der Waals surface area contributed by atoms with Gasteiger partial charge >= 0.3 is 11.9 Å². The van der Waals surface area contributed by atoms with Crippen molar-refractivity contribution in [1.29, 1.82) is 0 Å². The molecule has 170 valence electrons. The van der Waals surface area contributed by atoms with E-state index in [1.165, 1.54) is 13.8 Å². The largest absolute Gasteiger partial charge is 0.461 e. The van der Waals surface area contributed by atoms with Crippen molar-refractivity contribution in [3.05, 3.63) is 29.8 Å². The Morgan fingerprint density at radius 2 is 1.78 bits per heavy atom. The summed E-state index contributed by atoms with van der Waals surface area (Å²) in [5.74, 6) is 0.132. The molecule has 4 saturated heterocycles. The third kappa shape index (κ3) is 2.23. The first-order chi connectivity index (χ1) is 15.3. The van der Waals surface area contributed by atoms with Crippen LogP contribution in [0.2, 0.25) is 0 Å². The van der Waals surface area contributed by atoms with Gasteiger partial charge in [-0.25, -0.2) is 0 Å². The van der Waals surface area contributed by atoms with E-state index in [9.17, 15) is 14.4 Å². The number of ether oxygens (including phenoxy) is 2. The van der Waals surface area contributed by atoms with Crippen molar-refractivity contribution >= 4 is 23.5 Å². The zero-order valence-corrected chi connectivity index (χ0v) is 19.0. The van der Waals surface area contributed by atoms with Gasteiger partial charge in [0.15, 0.2) is 6.23 Å².